The molecule has 1 fully saturated rings. The average Bonchev–Trinajstić information content (AvgIpc) is 2.27. The molecule has 0 spiro atoms. The summed E-state index contributed by atoms with van der Waals surface area (Å²) < 4.78 is 32.2. The van der Waals surface area contributed by atoms with Crippen molar-refractivity contribution >= 4 is 6.09 Å². The van der Waals surface area contributed by atoms with Crippen molar-refractivity contribution in [1.29, 1.82) is 0 Å². The molecule has 0 saturated carbocycles. The van der Waals surface area contributed by atoms with Crippen LogP contribution in [-0.2, 0) is 4.74 Å². The second kappa shape index (κ2) is 5.41. The van der Waals surface area contributed by atoms with Crippen molar-refractivity contribution in [2.24, 2.45) is 5.92 Å². The molecule has 0 bridgehead atoms. The number of ether oxygens (including phenoxy) is 1. The minimum absolute atomic E-state index is 0.135. The molecule has 0 unspecified atom stereocenters. The van der Waals surface area contributed by atoms with Crippen molar-refractivity contribution in [2.75, 3.05) is 13.1 Å². The summed E-state index contributed by atoms with van der Waals surface area (Å²) in [6, 6.07) is 0. The molecule has 1 saturated heterocycles. The van der Waals surface area contributed by atoms with Crippen LogP contribution in [0.3, 0.4) is 0 Å². The molecule has 0 aromatic rings. The molecule has 5 heteroatoms. The van der Waals surface area contributed by atoms with Crippen LogP contribution in [0.4, 0.5) is 13.6 Å². The van der Waals surface area contributed by atoms with Crippen molar-refractivity contribution in [2.45, 2.75) is 58.5 Å². The van der Waals surface area contributed by atoms with Crippen molar-refractivity contribution in [3.05, 3.63) is 0 Å². The molecular weight excluding hydrogens is 240 g/mol. The van der Waals surface area contributed by atoms with Gasteiger partial charge in [-0.25, -0.2) is 13.6 Å². The van der Waals surface area contributed by atoms with E-state index in [1.54, 1.807) is 20.8 Å². The van der Waals surface area contributed by atoms with E-state index in [-0.39, 0.29) is 6.42 Å². The standard InChI is InChI=1S/C13H23F2NO2/c1-5-13(14,15)10-6-8-16(9-7-10)11(17)18-12(2,3)4/h10H,5-9H2,1-4H3. The molecule has 0 atom stereocenters. The Hall–Kier alpha value is -0.870. The normalized spacial score (nSPS) is 18.9. The zero-order valence-corrected chi connectivity index (χ0v) is 11.6. The van der Waals surface area contributed by atoms with E-state index in [0.29, 0.717) is 25.9 Å². The van der Waals surface area contributed by atoms with E-state index in [1.165, 1.54) is 11.8 Å². The summed E-state index contributed by atoms with van der Waals surface area (Å²) in [5, 5.41) is 0. The number of hydrogen-bond acceptors (Lipinski definition) is 2. The van der Waals surface area contributed by atoms with E-state index >= 15 is 0 Å². The van der Waals surface area contributed by atoms with Crippen LogP contribution in [0.2, 0.25) is 0 Å². The van der Waals surface area contributed by atoms with E-state index < -0.39 is 23.5 Å². The Morgan fingerprint density at radius 1 is 1.28 bits per heavy atom. The first-order chi connectivity index (χ1) is 8.15. The fourth-order valence-corrected chi connectivity index (χ4v) is 2.10. The van der Waals surface area contributed by atoms with Crippen LogP contribution in [0.15, 0.2) is 0 Å². The number of halogens is 2. The second-order valence-corrected chi connectivity index (χ2v) is 5.86. The maximum Gasteiger partial charge on any atom is 0.410 e. The predicted molar refractivity (Wildman–Crippen MR) is 65.8 cm³/mol. The molecule has 1 aliphatic rings. The zero-order chi connectivity index (χ0) is 14.0. The fraction of sp³-hybridized carbons (Fsp3) is 0.923. The Morgan fingerprint density at radius 3 is 2.17 bits per heavy atom. The van der Waals surface area contributed by atoms with Gasteiger partial charge in [0, 0.05) is 25.4 Å². The van der Waals surface area contributed by atoms with Crippen LogP contribution in [0.5, 0.6) is 0 Å². The van der Waals surface area contributed by atoms with Gasteiger partial charge in [-0.3, -0.25) is 0 Å². The molecular formula is C13H23F2NO2. The smallest absolute Gasteiger partial charge is 0.410 e. The molecule has 0 aromatic carbocycles. The number of nitrogens with zero attached hydrogens (tertiary/aromatic N) is 1. The van der Waals surface area contributed by atoms with Gasteiger partial charge in [0.25, 0.3) is 5.92 Å². The van der Waals surface area contributed by atoms with Gasteiger partial charge in [-0.2, -0.15) is 0 Å². The maximum atomic E-state index is 13.5. The monoisotopic (exact) mass is 263 g/mol. The first kappa shape index (κ1) is 15.2. The molecule has 0 aromatic heterocycles. The molecule has 0 N–H and O–H groups in total. The van der Waals surface area contributed by atoms with Crippen LogP contribution in [0.25, 0.3) is 0 Å². The SMILES string of the molecule is CCC(F)(F)C1CCN(C(=O)OC(C)(C)C)CC1. The van der Waals surface area contributed by atoms with Gasteiger partial charge < -0.3 is 9.64 Å². The van der Waals surface area contributed by atoms with E-state index in [9.17, 15) is 13.6 Å². The molecule has 18 heavy (non-hydrogen) atoms. The Balaban J connectivity index is 2.47. The highest BCUT2D eigenvalue weighted by molar-refractivity contribution is 5.68. The maximum absolute atomic E-state index is 13.5. The van der Waals surface area contributed by atoms with Crippen molar-refractivity contribution in [3.8, 4) is 0 Å². The molecule has 1 rings (SSSR count). The fourth-order valence-electron chi connectivity index (χ4n) is 2.10. The first-order valence-electron chi connectivity index (χ1n) is 6.51. The summed E-state index contributed by atoms with van der Waals surface area (Å²) in [7, 11) is 0. The van der Waals surface area contributed by atoms with Crippen molar-refractivity contribution in [1.82, 2.24) is 4.90 Å². The second-order valence-electron chi connectivity index (χ2n) is 5.86. The Bertz CT molecular complexity index is 292. The largest absolute Gasteiger partial charge is 0.444 e. The molecule has 3 nitrogen and oxygen atoms in total. The highest BCUT2D eigenvalue weighted by atomic mass is 19.3. The van der Waals surface area contributed by atoms with Gasteiger partial charge in [0.1, 0.15) is 5.60 Å². The van der Waals surface area contributed by atoms with Gasteiger partial charge in [0.15, 0.2) is 0 Å². The summed E-state index contributed by atoms with van der Waals surface area (Å²) in [6.45, 7) is 7.60. The van der Waals surface area contributed by atoms with E-state index in [4.69, 9.17) is 4.74 Å². The third-order valence-corrected chi connectivity index (χ3v) is 3.22. The lowest BCUT2D eigenvalue weighted by Crippen LogP contribution is -2.45. The molecule has 1 amide bonds. The molecule has 0 radical (unpaired) electrons. The topological polar surface area (TPSA) is 29.5 Å². The number of carbonyl (C=O) groups excluding carboxylic acids is 1. The van der Waals surface area contributed by atoms with Gasteiger partial charge in [-0.1, -0.05) is 6.92 Å². The van der Waals surface area contributed by atoms with Crippen LogP contribution < -0.4 is 0 Å². The number of carbonyl (C=O) groups is 1. The lowest BCUT2D eigenvalue weighted by Gasteiger charge is -2.36. The van der Waals surface area contributed by atoms with Gasteiger partial charge in [-0.15, -0.1) is 0 Å². The van der Waals surface area contributed by atoms with E-state index in [2.05, 4.69) is 0 Å². The summed E-state index contributed by atoms with van der Waals surface area (Å²) in [6.07, 6.45) is 0.158. The minimum atomic E-state index is -2.61. The van der Waals surface area contributed by atoms with Gasteiger partial charge >= 0.3 is 6.09 Å². The lowest BCUT2D eigenvalue weighted by molar-refractivity contribution is -0.0819. The van der Waals surface area contributed by atoms with Crippen molar-refractivity contribution in [3.63, 3.8) is 0 Å². The minimum Gasteiger partial charge on any atom is -0.444 e. The zero-order valence-electron chi connectivity index (χ0n) is 11.6. The third kappa shape index (κ3) is 4.10. The summed E-state index contributed by atoms with van der Waals surface area (Å²) in [4.78, 5) is 13.3. The molecule has 1 heterocycles. The summed E-state index contributed by atoms with van der Waals surface area (Å²) in [5.41, 5.74) is -0.540. The number of piperidine rings is 1. The summed E-state index contributed by atoms with van der Waals surface area (Å²) in [5.74, 6) is -3.22. The van der Waals surface area contributed by atoms with E-state index in [0.717, 1.165) is 0 Å². The van der Waals surface area contributed by atoms with Crippen LogP contribution in [0, 0.1) is 5.92 Å². The Labute approximate surface area is 107 Å². The Morgan fingerprint density at radius 2 is 1.78 bits per heavy atom. The molecule has 0 aliphatic carbocycles. The third-order valence-electron chi connectivity index (χ3n) is 3.22. The van der Waals surface area contributed by atoms with Crippen LogP contribution in [0.1, 0.15) is 47.0 Å². The van der Waals surface area contributed by atoms with Gasteiger partial charge in [-0.05, 0) is 33.6 Å². The predicted octanol–water partition coefficient (Wildman–Crippen LogP) is 3.68. The number of amides is 1. The quantitative estimate of drug-likeness (QED) is 0.760. The average molecular weight is 263 g/mol. The number of rotatable bonds is 2. The first-order valence-corrected chi connectivity index (χ1v) is 6.51. The van der Waals surface area contributed by atoms with Crippen LogP contribution in [-0.4, -0.2) is 35.6 Å². The number of alkyl halides is 2. The highest BCUT2D eigenvalue weighted by Crippen LogP contribution is 2.35. The van der Waals surface area contributed by atoms with Gasteiger partial charge in [0.2, 0.25) is 0 Å². The van der Waals surface area contributed by atoms with Gasteiger partial charge in [0.05, 0.1) is 0 Å². The van der Waals surface area contributed by atoms with E-state index in [1.807, 2.05) is 0 Å². The summed E-state index contributed by atoms with van der Waals surface area (Å²) >= 11 is 0. The molecule has 1 aliphatic heterocycles. The number of hydrogen-bond donors (Lipinski definition) is 0. The Kier molecular flexibility index (Phi) is 4.56. The lowest BCUT2D eigenvalue weighted by atomic mass is 9.89. The van der Waals surface area contributed by atoms with Crippen LogP contribution >= 0.6 is 0 Å². The van der Waals surface area contributed by atoms with Crippen molar-refractivity contribution < 1.29 is 18.3 Å². The molecule has 106 valence electrons. The highest BCUT2D eigenvalue weighted by Gasteiger charge is 2.40. The number of likely N-dealkylation sites (tertiary alicyclic amines) is 1.